The van der Waals surface area contributed by atoms with Gasteiger partial charge in [-0.05, 0) is 36.2 Å². The molecule has 0 fully saturated rings. The molecule has 0 aliphatic heterocycles. The highest BCUT2D eigenvalue weighted by Gasteiger charge is 2.12. The average Bonchev–Trinajstić information content (AvgIpc) is 2.61. The van der Waals surface area contributed by atoms with Gasteiger partial charge in [0.25, 0.3) is 5.91 Å². The van der Waals surface area contributed by atoms with Crippen LogP contribution in [0, 0.1) is 0 Å². The molecule has 0 unspecified atom stereocenters. The summed E-state index contributed by atoms with van der Waals surface area (Å²) in [6.07, 6.45) is 1.51. The van der Waals surface area contributed by atoms with Crippen molar-refractivity contribution in [3.8, 4) is 11.5 Å². The third-order valence-corrected chi connectivity index (χ3v) is 4.52. The molecule has 5 nitrogen and oxygen atoms in total. The number of hydrazone groups is 1. The number of amides is 1. The van der Waals surface area contributed by atoms with E-state index in [9.17, 15) is 9.90 Å². The molecule has 1 amide bonds. The number of carbonyl (C=O) groups excluding carboxylic acids is 1. The van der Waals surface area contributed by atoms with E-state index in [0.717, 1.165) is 11.3 Å². The topological polar surface area (TPSA) is 70.9 Å². The van der Waals surface area contributed by atoms with Crippen LogP contribution in [0.4, 0.5) is 0 Å². The first-order valence-corrected chi connectivity index (χ1v) is 8.50. The minimum absolute atomic E-state index is 0.0598. The minimum atomic E-state index is -0.211. The molecule has 2 N–H and O–H groups in total. The summed E-state index contributed by atoms with van der Waals surface area (Å²) >= 11 is 1.55. The maximum atomic E-state index is 12.0. The number of hydrogen-bond donors (Lipinski definition) is 2. The van der Waals surface area contributed by atoms with Gasteiger partial charge in [-0.25, -0.2) is 5.43 Å². The summed E-state index contributed by atoms with van der Waals surface area (Å²) in [5.41, 5.74) is 4.43. The van der Waals surface area contributed by atoms with E-state index >= 15 is 0 Å². The molecule has 0 bridgehead atoms. The summed E-state index contributed by atoms with van der Waals surface area (Å²) in [4.78, 5) is 12.0. The number of phenols is 1. The van der Waals surface area contributed by atoms with Crippen molar-refractivity contribution in [3.63, 3.8) is 0 Å². The van der Waals surface area contributed by atoms with Gasteiger partial charge >= 0.3 is 0 Å². The molecule has 0 aromatic heterocycles. The highest BCUT2D eigenvalue weighted by molar-refractivity contribution is 7.99. The molecule has 6 heteroatoms. The summed E-state index contributed by atoms with van der Waals surface area (Å²) in [6.45, 7) is 1.85. The first-order chi connectivity index (χ1) is 11.6. The number of hydrogen-bond acceptors (Lipinski definition) is 5. The largest absolute Gasteiger partial charge is 0.504 e. The average molecular weight is 344 g/mol. The number of ether oxygens (including phenoxy) is 1. The van der Waals surface area contributed by atoms with E-state index in [-0.39, 0.29) is 16.9 Å². The summed E-state index contributed by atoms with van der Waals surface area (Å²) in [5.74, 6) is 1.04. The second-order valence-corrected chi connectivity index (χ2v) is 6.43. The highest BCUT2D eigenvalue weighted by Crippen LogP contribution is 2.25. The second-order valence-electron chi connectivity index (χ2n) is 5.10. The maximum Gasteiger partial charge on any atom is 0.252 e. The normalized spacial score (nSPS) is 12.1. The van der Waals surface area contributed by atoms with E-state index in [1.54, 1.807) is 23.9 Å². The molecule has 2 aromatic carbocycles. The number of nitrogens with zero attached hydrogens (tertiary/aromatic N) is 1. The monoisotopic (exact) mass is 344 g/mol. The van der Waals surface area contributed by atoms with E-state index in [4.69, 9.17) is 4.74 Å². The zero-order valence-corrected chi connectivity index (χ0v) is 14.4. The Kier molecular flexibility index (Phi) is 6.69. The minimum Gasteiger partial charge on any atom is -0.504 e. The number of nitrogens with one attached hydrogen (secondary N) is 1. The lowest BCUT2D eigenvalue weighted by Crippen LogP contribution is -2.26. The van der Waals surface area contributed by atoms with E-state index < -0.39 is 0 Å². The summed E-state index contributed by atoms with van der Waals surface area (Å²) in [6, 6.07) is 14.8. The van der Waals surface area contributed by atoms with E-state index in [1.165, 1.54) is 25.0 Å². The third kappa shape index (κ3) is 5.31. The molecular weight excluding hydrogens is 324 g/mol. The Hall–Kier alpha value is -2.47. The molecule has 0 heterocycles. The highest BCUT2D eigenvalue weighted by atomic mass is 32.2. The fourth-order valence-corrected chi connectivity index (χ4v) is 2.75. The van der Waals surface area contributed by atoms with Crippen molar-refractivity contribution >= 4 is 23.9 Å². The van der Waals surface area contributed by atoms with Crippen LogP contribution in [0.25, 0.3) is 0 Å². The van der Waals surface area contributed by atoms with Crippen LogP contribution in [0.5, 0.6) is 11.5 Å². The van der Waals surface area contributed by atoms with E-state index in [0.29, 0.717) is 5.75 Å². The molecule has 2 rings (SSSR count). The van der Waals surface area contributed by atoms with Crippen molar-refractivity contribution in [2.45, 2.75) is 17.9 Å². The van der Waals surface area contributed by atoms with Crippen LogP contribution >= 0.6 is 11.8 Å². The van der Waals surface area contributed by atoms with Crippen molar-refractivity contribution in [2.24, 2.45) is 5.10 Å². The predicted molar refractivity (Wildman–Crippen MR) is 97.6 cm³/mol. The lowest BCUT2D eigenvalue weighted by molar-refractivity contribution is -0.120. The summed E-state index contributed by atoms with van der Waals surface area (Å²) < 4.78 is 5.02. The van der Waals surface area contributed by atoms with Crippen molar-refractivity contribution in [3.05, 3.63) is 59.7 Å². The van der Waals surface area contributed by atoms with Crippen molar-refractivity contribution in [2.75, 3.05) is 7.11 Å². The number of carbonyl (C=O) groups is 1. The molecular formula is C18H20N2O3S. The van der Waals surface area contributed by atoms with E-state index in [2.05, 4.69) is 10.5 Å². The Morgan fingerprint density at radius 3 is 2.79 bits per heavy atom. The van der Waals surface area contributed by atoms with Gasteiger partial charge < -0.3 is 9.84 Å². The Morgan fingerprint density at radius 2 is 2.08 bits per heavy atom. The van der Waals surface area contributed by atoms with Gasteiger partial charge in [-0.3, -0.25) is 4.79 Å². The van der Waals surface area contributed by atoms with Gasteiger partial charge in [0.05, 0.1) is 18.6 Å². The molecule has 0 aliphatic carbocycles. The first-order valence-electron chi connectivity index (χ1n) is 7.45. The van der Waals surface area contributed by atoms with Crippen LogP contribution in [0.15, 0.2) is 53.6 Å². The van der Waals surface area contributed by atoms with Crippen LogP contribution in [0.1, 0.15) is 18.1 Å². The molecule has 24 heavy (non-hydrogen) atoms. The van der Waals surface area contributed by atoms with Gasteiger partial charge in [-0.15, -0.1) is 11.8 Å². The molecule has 0 aliphatic rings. The standard InChI is InChI=1S/C18H20N2O3S/c1-13(24-12-14-6-4-3-5-7-14)18(22)20-19-11-15-8-9-16(21)17(10-15)23-2/h3-11,13,21H,12H2,1-2H3,(H,20,22)/b19-11-/t13-/m1/s1. The number of rotatable bonds is 7. The third-order valence-electron chi connectivity index (χ3n) is 3.30. The number of thioether (sulfide) groups is 1. The Morgan fingerprint density at radius 1 is 1.33 bits per heavy atom. The van der Waals surface area contributed by atoms with Gasteiger partial charge in [-0.2, -0.15) is 5.10 Å². The molecule has 0 spiro atoms. The van der Waals surface area contributed by atoms with Gasteiger partial charge in [0.1, 0.15) is 0 Å². The van der Waals surface area contributed by atoms with Crippen LogP contribution in [-0.2, 0) is 10.5 Å². The SMILES string of the molecule is COc1cc(/C=N\NC(=O)[C@@H](C)SCc2ccccc2)ccc1O. The van der Waals surface area contributed by atoms with Crippen molar-refractivity contribution in [1.82, 2.24) is 5.43 Å². The van der Waals surface area contributed by atoms with Crippen LogP contribution in [0.2, 0.25) is 0 Å². The molecule has 0 radical (unpaired) electrons. The fraction of sp³-hybridized carbons (Fsp3) is 0.222. The lowest BCUT2D eigenvalue weighted by atomic mass is 10.2. The number of phenolic OH excluding ortho intramolecular Hbond substituents is 1. The van der Waals surface area contributed by atoms with Gasteiger partial charge in [0, 0.05) is 5.75 Å². The zero-order valence-electron chi connectivity index (χ0n) is 13.6. The van der Waals surface area contributed by atoms with Gasteiger partial charge in [-0.1, -0.05) is 30.3 Å². The predicted octanol–water partition coefficient (Wildman–Crippen LogP) is 3.17. The smallest absolute Gasteiger partial charge is 0.252 e. The zero-order chi connectivity index (χ0) is 17.4. The molecule has 126 valence electrons. The quantitative estimate of drug-likeness (QED) is 0.598. The van der Waals surface area contributed by atoms with Crippen molar-refractivity contribution < 1.29 is 14.6 Å². The Labute approximate surface area is 145 Å². The number of aromatic hydroxyl groups is 1. The molecule has 2 aromatic rings. The first kappa shape index (κ1) is 17.9. The van der Waals surface area contributed by atoms with Gasteiger partial charge in [0.2, 0.25) is 0 Å². The fourth-order valence-electron chi connectivity index (χ4n) is 1.91. The van der Waals surface area contributed by atoms with Crippen LogP contribution in [-0.4, -0.2) is 29.6 Å². The molecule has 0 saturated carbocycles. The number of methoxy groups -OCH3 is 1. The van der Waals surface area contributed by atoms with E-state index in [1.807, 2.05) is 37.3 Å². The second kappa shape index (κ2) is 8.98. The Balaban J connectivity index is 1.83. The maximum absolute atomic E-state index is 12.0. The summed E-state index contributed by atoms with van der Waals surface area (Å²) in [5, 5.41) is 13.3. The summed E-state index contributed by atoms with van der Waals surface area (Å²) in [7, 11) is 1.48. The Bertz CT molecular complexity index is 705. The number of benzene rings is 2. The molecule has 0 saturated heterocycles. The van der Waals surface area contributed by atoms with Crippen molar-refractivity contribution in [1.29, 1.82) is 0 Å². The van der Waals surface area contributed by atoms with Gasteiger partial charge in [0.15, 0.2) is 11.5 Å². The lowest BCUT2D eigenvalue weighted by Gasteiger charge is -2.09. The van der Waals surface area contributed by atoms with Crippen LogP contribution in [0.3, 0.4) is 0 Å². The molecule has 1 atom stereocenters. The van der Waals surface area contributed by atoms with Crippen LogP contribution < -0.4 is 10.2 Å².